The summed E-state index contributed by atoms with van der Waals surface area (Å²) in [4.78, 5) is 0. The summed E-state index contributed by atoms with van der Waals surface area (Å²) in [6, 6.07) is 16.5. The van der Waals surface area contributed by atoms with Crippen LogP contribution in [0.15, 0.2) is 48.5 Å². The summed E-state index contributed by atoms with van der Waals surface area (Å²) < 4.78 is 11.5. The summed E-state index contributed by atoms with van der Waals surface area (Å²) in [5.74, 6) is 0.581. The fraction of sp³-hybridized carbons (Fsp3) is 0.300. The molecule has 4 heteroatoms. The first-order valence-electron chi connectivity index (χ1n) is 8.38. The van der Waals surface area contributed by atoms with E-state index in [0.717, 1.165) is 41.5 Å². The Labute approximate surface area is 141 Å². The normalized spacial score (nSPS) is 17.3. The maximum atomic E-state index is 5.91. The molecule has 2 aromatic carbocycles. The number of ether oxygens (including phenoxy) is 2. The SMILES string of the molecule is Cc1ccc(-c2nnc(OC[C@H]3CCCO3)c3ccccc23)cc1. The van der Waals surface area contributed by atoms with Gasteiger partial charge in [0.1, 0.15) is 12.3 Å². The molecule has 0 bridgehead atoms. The van der Waals surface area contributed by atoms with Gasteiger partial charge in [-0.3, -0.25) is 0 Å². The average Bonchev–Trinajstić information content (AvgIpc) is 3.14. The van der Waals surface area contributed by atoms with E-state index in [9.17, 15) is 0 Å². The zero-order chi connectivity index (χ0) is 16.4. The molecule has 1 saturated heterocycles. The lowest BCUT2D eigenvalue weighted by molar-refractivity contribution is 0.0666. The third-order valence-corrected chi connectivity index (χ3v) is 4.41. The van der Waals surface area contributed by atoms with Crippen molar-refractivity contribution >= 4 is 10.8 Å². The van der Waals surface area contributed by atoms with Crippen LogP contribution < -0.4 is 4.74 Å². The molecule has 4 nitrogen and oxygen atoms in total. The highest BCUT2D eigenvalue weighted by atomic mass is 16.5. The number of fused-ring (bicyclic) bond motifs is 1. The third-order valence-electron chi connectivity index (χ3n) is 4.41. The van der Waals surface area contributed by atoms with Crippen LogP contribution in [0.2, 0.25) is 0 Å². The second-order valence-electron chi connectivity index (χ2n) is 6.21. The smallest absolute Gasteiger partial charge is 0.241 e. The summed E-state index contributed by atoms with van der Waals surface area (Å²) in [5, 5.41) is 10.8. The quantitative estimate of drug-likeness (QED) is 0.724. The molecule has 0 radical (unpaired) electrons. The van der Waals surface area contributed by atoms with E-state index >= 15 is 0 Å². The molecule has 0 N–H and O–H groups in total. The number of benzene rings is 2. The first kappa shape index (κ1) is 15.1. The second kappa shape index (κ2) is 6.57. The van der Waals surface area contributed by atoms with Gasteiger partial charge in [-0.25, -0.2) is 0 Å². The van der Waals surface area contributed by atoms with E-state index in [4.69, 9.17) is 9.47 Å². The van der Waals surface area contributed by atoms with Gasteiger partial charge in [0.05, 0.1) is 6.10 Å². The highest BCUT2D eigenvalue weighted by Gasteiger charge is 2.18. The van der Waals surface area contributed by atoms with E-state index in [1.165, 1.54) is 5.56 Å². The van der Waals surface area contributed by atoms with Crippen LogP contribution in [0.5, 0.6) is 5.88 Å². The Bertz CT molecular complexity index is 840. The lowest BCUT2D eigenvalue weighted by Gasteiger charge is -2.13. The summed E-state index contributed by atoms with van der Waals surface area (Å²) >= 11 is 0. The molecule has 1 aromatic heterocycles. The number of rotatable bonds is 4. The molecule has 1 fully saturated rings. The van der Waals surface area contributed by atoms with E-state index in [1.54, 1.807) is 0 Å². The molecule has 0 amide bonds. The van der Waals surface area contributed by atoms with Crippen molar-refractivity contribution in [2.24, 2.45) is 0 Å². The Morgan fingerprint density at radius 3 is 2.58 bits per heavy atom. The maximum absolute atomic E-state index is 5.91. The summed E-state index contributed by atoms with van der Waals surface area (Å²) in [5.41, 5.74) is 3.18. The number of hydrogen-bond acceptors (Lipinski definition) is 4. The van der Waals surface area contributed by atoms with Crippen molar-refractivity contribution in [2.75, 3.05) is 13.2 Å². The lowest BCUT2D eigenvalue weighted by Crippen LogP contribution is -2.17. The minimum absolute atomic E-state index is 0.169. The molecule has 1 aliphatic heterocycles. The average molecular weight is 320 g/mol. The van der Waals surface area contributed by atoms with Gasteiger partial charge in [-0.15, -0.1) is 10.2 Å². The Morgan fingerprint density at radius 2 is 1.83 bits per heavy atom. The van der Waals surface area contributed by atoms with Crippen LogP contribution in [0.4, 0.5) is 0 Å². The van der Waals surface area contributed by atoms with E-state index in [1.807, 2.05) is 18.2 Å². The fourth-order valence-corrected chi connectivity index (χ4v) is 3.06. The highest BCUT2D eigenvalue weighted by molar-refractivity contribution is 5.96. The Hall–Kier alpha value is -2.46. The van der Waals surface area contributed by atoms with E-state index < -0.39 is 0 Å². The summed E-state index contributed by atoms with van der Waals surface area (Å²) in [7, 11) is 0. The first-order valence-corrected chi connectivity index (χ1v) is 8.38. The molecule has 3 aromatic rings. The standard InChI is InChI=1S/C20H20N2O2/c1-14-8-10-15(11-9-14)19-17-6-2-3-7-18(17)20(22-21-19)24-13-16-5-4-12-23-16/h2-3,6-11,16H,4-5,12-13H2,1H3/t16-/m1/s1. The topological polar surface area (TPSA) is 44.2 Å². The van der Waals surface area contributed by atoms with Crippen LogP contribution in [0.1, 0.15) is 18.4 Å². The van der Waals surface area contributed by atoms with E-state index in [-0.39, 0.29) is 6.10 Å². The van der Waals surface area contributed by atoms with Gasteiger partial charge in [0.15, 0.2) is 0 Å². The zero-order valence-electron chi connectivity index (χ0n) is 13.7. The third kappa shape index (κ3) is 2.97. The van der Waals surface area contributed by atoms with Crippen molar-refractivity contribution in [3.05, 3.63) is 54.1 Å². The number of aromatic nitrogens is 2. The fourth-order valence-electron chi connectivity index (χ4n) is 3.06. The molecular weight excluding hydrogens is 300 g/mol. The minimum atomic E-state index is 0.169. The van der Waals surface area contributed by atoms with Crippen LogP contribution in [-0.4, -0.2) is 29.5 Å². The Balaban J connectivity index is 1.70. The van der Waals surface area contributed by atoms with Crippen molar-refractivity contribution in [1.82, 2.24) is 10.2 Å². The lowest BCUT2D eigenvalue weighted by atomic mass is 10.0. The first-order chi connectivity index (χ1) is 11.8. The van der Waals surface area contributed by atoms with Crippen molar-refractivity contribution in [3.8, 4) is 17.1 Å². The van der Waals surface area contributed by atoms with Gasteiger partial charge in [0.2, 0.25) is 5.88 Å². The van der Waals surface area contributed by atoms with Crippen molar-refractivity contribution in [2.45, 2.75) is 25.9 Å². The van der Waals surface area contributed by atoms with Gasteiger partial charge >= 0.3 is 0 Å². The molecule has 0 aliphatic carbocycles. The van der Waals surface area contributed by atoms with Gasteiger partial charge in [-0.1, -0.05) is 48.0 Å². The van der Waals surface area contributed by atoms with Crippen LogP contribution in [0, 0.1) is 6.92 Å². The molecule has 0 saturated carbocycles. The van der Waals surface area contributed by atoms with Crippen LogP contribution in [-0.2, 0) is 4.74 Å². The van der Waals surface area contributed by atoms with Crippen molar-refractivity contribution < 1.29 is 9.47 Å². The summed E-state index contributed by atoms with van der Waals surface area (Å²) in [6.07, 6.45) is 2.32. The molecule has 2 heterocycles. The van der Waals surface area contributed by atoms with Gasteiger partial charge in [-0.2, -0.15) is 0 Å². The number of aryl methyl sites for hydroxylation is 1. The summed E-state index contributed by atoms with van der Waals surface area (Å²) in [6.45, 7) is 3.44. The van der Waals surface area contributed by atoms with E-state index in [2.05, 4.69) is 47.5 Å². The molecule has 24 heavy (non-hydrogen) atoms. The molecule has 1 atom stereocenters. The maximum Gasteiger partial charge on any atom is 0.241 e. The zero-order valence-corrected chi connectivity index (χ0v) is 13.7. The molecule has 1 aliphatic rings. The second-order valence-corrected chi connectivity index (χ2v) is 6.21. The monoisotopic (exact) mass is 320 g/mol. The molecule has 4 rings (SSSR count). The van der Waals surface area contributed by atoms with Gasteiger partial charge in [0.25, 0.3) is 0 Å². The Morgan fingerprint density at radius 1 is 1.04 bits per heavy atom. The minimum Gasteiger partial charge on any atom is -0.473 e. The Kier molecular flexibility index (Phi) is 4.13. The van der Waals surface area contributed by atoms with Crippen LogP contribution >= 0.6 is 0 Å². The predicted molar refractivity (Wildman–Crippen MR) is 94.2 cm³/mol. The highest BCUT2D eigenvalue weighted by Crippen LogP contribution is 2.31. The van der Waals surface area contributed by atoms with Crippen molar-refractivity contribution in [3.63, 3.8) is 0 Å². The van der Waals surface area contributed by atoms with Crippen LogP contribution in [0.3, 0.4) is 0 Å². The number of hydrogen-bond donors (Lipinski definition) is 0. The molecule has 122 valence electrons. The largest absolute Gasteiger partial charge is 0.473 e. The van der Waals surface area contributed by atoms with E-state index in [0.29, 0.717) is 12.5 Å². The van der Waals surface area contributed by atoms with Gasteiger partial charge in [0, 0.05) is 22.9 Å². The number of nitrogens with zero attached hydrogens (tertiary/aromatic N) is 2. The van der Waals surface area contributed by atoms with Crippen molar-refractivity contribution in [1.29, 1.82) is 0 Å². The van der Waals surface area contributed by atoms with Gasteiger partial charge in [-0.05, 0) is 25.8 Å². The molecule has 0 spiro atoms. The van der Waals surface area contributed by atoms with Crippen LogP contribution in [0.25, 0.3) is 22.0 Å². The molecular formula is C20H20N2O2. The molecule has 0 unspecified atom stereocenters. The predicted octanol–water partition coefficient (Wildman–Crippen LogP) is 4.16. The van der Waals surface area contributed by atoms with Gasteiger partial charge < -0.3 is 9.47 Å².